The van der Waals surface area contributed by atoms with E-state index in [2.05, 4.69) is 11.4 Å². The number of hydrogen-bond donors (Lipinski definition) is 1. The number of nitriles is 1. The van der Waals surface area contributed by atoms with E-state index in [-0.39, 0.29) is 5.82 Å². The fraction of sp³-hybridized carbons (Fsp3) is 0.462. The summed E-state index contributed by atoms with van der Waals surface area (Å²) in [6.07, 6.45) is 0. The maximum atomic E-state index is 13.4. The van der Waals surface area contributed by atoms with Gasteiger partial charge in [-0.05, 0) is 30.2 Å². The van der Waals surface area contributed by atoms with E-state index < -0.39 is 5.41 Å². The third-order valence-corrected chi connectivity index (χ3v) is 3.45. The summed E-state index contributed by atoms with van der Waals surface area (Å²) in [6, 6.07) is 5.28. The summed E-state index contributed by atoms with van der Waals surface area (Å²) in [5, 5.41) is 12.7. The summed E-state index contributed by atoms with van der Waals surface area (Å²) in [4.78, 5) is 0. The standard InChI is InChI=1S/C13H14ClFN2O/c1-9-2-11(14)10(3-12(9)15)4-17-6-13(5-16)7-18-8-13/h2-3,17H,4,6-8H2,1H3. The largest absolute Gasteiger partial charge is 0.378 e. The average molecular weight is 269 g/mol. The lowest BCUT2D eigenvalue weighted by Gasteiger charge is -2.35. The van der Waals surface area contributed by atoms with Gasteiger partial charge in [0.25, 0.3) is 0 Å². The van der Waals surface area contributed by atoms with Gasteiger partial charge in [0.2, 0.25) is 0 Å². The van der Waals surface area contributed by atoms with Crippen molar-refractivity contribution in [3.63, 3.8) is 0 Å². The van der Waals surface area contributed by atoms with Crippen LogP contribution in [0, 0.1) is 29.5 Å². The predicted octanol–water partition coefficient (Wildman–Crippen LogP) is 2.42. The van der Waals surface area contributed by atoms with Gasteiger partial charge >= 0.3 is 0 Å². The number of halogens is 2. The van der Waals surface area contributed by atoms with E-state index in [4.69, 9.17) is 21.6 Å². The molecule has 3 nitrogen and oxygen atoms in total. The van der Waals surface area contributed by atoms with E-state index in [1.807, 2.05) is 0 Å². The lowest BCUT2D eigenvalue weighted by Crippen LogP contribution is -2.48. The SMILES string of the molecule is Cc1cc(Cl)c(CNCC2(C#N)COC2)cc1F. The Balaban J connectivity index is 1.95. The molecule has 0 amide bonds. The maximum Gasteiger partial charge on any atom is 0.126 e. The van der Waals surface area contributed by atoms with Gasteiger partial charge in [-0.3, -0.25) is 0 Å². The van der Waals surface area contributed by atoms with Crippen LogP contribution in [-0.2, 0) is 11.3 Å². The van der Waals surface area contributed by atoms with Crippen LogP contribution in [-0.4, -0.2) is 19.8 Å². The van der Waals surface area contributed by atoms with Crippen LogP contribution in [0.25, 0.3) is 0 Å². The molecule has 1 aliphatic heterocycles. The van der Waals surface area contributed by atoms with Gasteiger partial charge in [-0.15, -0.1) is 0 Å². The van der Waals surface area contributed by atoms with Crippen molar-refractivity contribution in [1.82, 2.24) is 5.32 Å². The second kappa shape index (κ2) is 5.23. The van der Waals surface area contributed by atoms with Crippen molar-refractivity contribution in [3.8, 4) is 6.07 Å². The molecule has 1 aromatic rings. The predicted molar refractivity (Wildman–Crippen MR) is 66.7 cm³/mol. The van der Waals surface area contributed by atoms with Crippen molar-refractivity contribution in [2.24, 2.45) is 5.41 Å². The minimum absolute atomic E-state index is 0.266. The molecule has 5 heteroatoms. The number of nitrogens with zero attached hydrogens (tertiary/aromatic N) is 1. The number of hydrogen-bond acceptors (Lipinski definition) is 3. The number of benzene rings is 1. The fourth-order valence-electron chi connectivity index (χ4n) is 1.81. The van der Waals surface area contributed by atoms with Crippen molar-refractivity contribution in [1.29, 1.82) is 5.26 Å². The summed E-state index contributed by atoms with van der Waals surface area (Å²) in [6.45, 7) is 3.54. The summed E-state index contributed by atoms with van der Waals surface area (Å²) < 4.78 is 18.4. The topological polar surface area (TPSA) is 45.0 Å². The normalized spacial score (nSPS) is 17.0. The first kappa shape index (κ1) is 13.3. The highest BCUT2D eigenvalue weighted by atomic mass is 35.5. The van der Waals surface area contributed by atoms with Crippen LogP contribution in [0.5, 0.6) is 0 Å². The van der Waals surface area contributed by atoms with Crippen molar-refractivity contribution in [2.75, 3.05) is 19.8 Å². The van der Waals surface area contributed by atoms with Crippen LogP contribution < -0.4 is 5.32 Å². The minimum atomic E-state index is -0.435. The van der Waals surface area contributed by atoms with E-state index in [1.54, 1.807) is 13.0 Å². The number of rotatable bonds is 4. The molecule has 1 saturated heterocycles. The molecule has 1 fully saturated rings. The second-order valence-corrected chi connectivity index (χ2v) is 5.09. The Bertz CT molecular complexity index is 494. The highest BCUT2D eigenvalue weighted by Gasteiger charge is 2.38. The van der Waals surface area contributed by atoms with Gasteiger partial charge in [-0.1, -0.05) is 11.6 Å². The summed E-state index contributed by atoms with van der Waals surface area (Å²) in [5.74, 6) is -0.266. The highest BCUT2D eigenvalue weighted by molar-refractivity contribution is 6.31. The van der Waals surface area contributed by atoms with E-state index in [1.165, 1.54) is 6.07 Å². The van der Waals surface area contributed by atoms with E-state index >= 15 is 0 Å². The Morgan fingerprint density at radius 2 is 2.28 bits per heavy atom. The molecule has 96 valence electrons. The molecule has 1 heterocycles. The van der Waals surface area contributed by atoms with Crippen LogP contribution >= 0.6 is 11.6 Å². The van der Waals surface area contributed by atoms with Crippen molar-refractivity contribution >= 4 is 11.6 Å². The van der Waals surface area contributed by atoms with Gasteiger partial charge in [0.1, 0.15) is 11.2 Å². The Morgan fingerprint density at radius 3 is 2.83 bits per heavy atom. The first-order valence-electron chi connectivity index (χ1n) is 5.70. The van der Waals surface area contributed by atoms with Crippen molar-refractivity contribution in [3.05, 3.63) is 34.1 Å². The molecule has 1 aliphatic rings. The third kappa shape index (κ3) is 2.64. The highest BCUT2D eigenvalue weighted by Crippen LogP contribution is 2.26. The first-order chi connectivity index (χ1) is 8.56. The summed E-state index contributed by atoms with van der Waals surface area (Å²) in [5.41, 5.74) is 0.799. The Labute approximate surface area is 111 Å². The lowest BCUT2D eigenvalue weighted by atomic mass is 9.88. The molecular weight excluding hydrogens is 255 g/mol. The van der Waals surface area contributed by atoms with E-state index in [0.29, 0.717) is 42.5 Å². The van der Waals surface area contributed by atoms with Crippen LogP contribution in [0.15, 0.2) is 12.1 Å². The van der Waals surface area contributed by atoms with Gasteiger partial charge in [-0.25, -0.2) is 4.39 Å². The minimum Gasteiger partial charge on any atom is -0.378 e. The molecule has 0 atom stereocenters. The van der Waals surface area contributed by atoms with E-state index in [9.17, 15) is 4.39 Å². The van der Waals surface area contributed by atoms with Gasteiger partial charge in [-0.2, -0.15) is 5.26 Å². The van der Waals surface area contributed by atoms with Crippen LogP contribution in [0.2, 0.25) is 5.02 Å². The Kier molecular flexibility index (Phi) is 3.86. The molecule has 1 aromatic carbocycles. The molecule has 0 radical (unpaired) electrons. The number of nitrogens with one attached hydrogen (secondary N) is 1. The monoisotopic (exact) mass is 268 g/mol. The quantitative estimate of drug-likeness (QED) is 0.912. The summed E-state index contributed by atoms with van der Waals surface area (Å²) in [7, 11) is 0. The number of aryl methyl sites for hydroxylation is 1. The van der Waals surface area contributed by atoms with Crippen LogP contribution in [0.4, 0.5) is 4.39 Å². The molecule has 0 spiro atoms. The van der Waals surface area contributed by atoms with Gasteiger partial charge in [0.05, 0.1) is 19.3 Å². The van der Waals surface area contributed by atoms with Gasteiger partial charge in [0.15, 0.2) is 0 Å². The molecule has 0 aliphatic carbocycles. The molecule has 0 aromatic heterocycles. The van der Waals surface area contributed by atoms with Gasteiger partial charge in [0, 0.05) is 18.1 Å². The molecule has 2 rings (SSSR count). The van der Waals surface area contributed by atoms with Crippen LogP contribution in [0.3, 0.4) is 0 Å². The van der Waals surface area contributed by atoms with Crippen LogP contribution in [0.1, 0.15) is 11.1 Å². The van der Waals surface area contributed by atoms with E-state index in [0.717, 1.165) is 0 Å². The smallest absolute Gasteiger partial charge is 0.126 e. The third-order valence-electron chi connectivity index (χ3n) is 3.10. The maximum absolute atomic E-state index is 13.4. The zero-order valence-electron chi connectivity index (χ0n) is 10.1. The van der Waals surface area contributed by atoms with Crippen molar-refractivity contribution in [2.45, 2.75) is 13.5 Å². The molecule has 1 N–H and O–H groups in total. The van der Waals surface area contributed by atoms with Gasteiger partial charge < -0.3 is 10.1 Å². The lowest BCUT2D eigenvalue weighted by molar-refractivity contribution is -0.0755. The molecule has 0 bridgehead atoms. The second-order valence-electron chi connectivity index (χ2n) is 4.68. The molecule has 0 unspecified atom stereocenters. The fourth-order valence-corrected chi connectivity index (χ4v) is 2.10. The Hall–Kier alpha value is -1.15. The molecule has 18 heavy (non-hydrogen) atoms. The molecular formula is C13H14ClFN2O. The number of ether oxygens (including phenoxy) is 1. The zero-order chi connectivity index (χ0) is 13.2. The Morgan fingerprint density at radius 1 is 1.56 bits per heavy atom. The average Bonchev–Trinajstić information content (AvgIpc) is 2.29. The molecule has 0 saturated carbocycles. The first-order valence-corrected chi connectivity index (χ1v) is 6.08. The zero-order valence-corrected chi connectivity index (χ0v) is 10.9. The summed E-state index contributed by atoms with van der Waals surface area (Å²) >= 11 is 6.04. The van der Waals surface area contributed by atoms with Crippen molar-refractivity contribution < 1.29 is 9.13 Å².